The van der Waals surface area contributed by atoms with Gasteiger partial charge >= 0.3 is 85.3 Å². The van der Waals surface area contributed by atoms with Gasteiger partial charge in [0.05, 0.1) is 84.2 Å². The van der Waals surface area contributed by atoms with Crippen LogP contribution in [-0.2, 0) is 127 Å². The Morgan fingerprint density at radius 2 is 0.740 bits per heavy atom. The van der Waals surface area contributed by atoms with Gasteiger partial charge in [-0.3, -0.25) is 28.8 Å². The van der Waals surface area contributed by atoms with E-state index in [-0.39, 0.29) is 365 Å². The minimum Gasteiger partial charge on any atom is -1.00 e. The quantitative estimate of drug-likeness (QED) is 0.0448. The van der Waals surface area contributed by atoms with E-state index in [4.69, 9.17) is 39.9 Å². The third-order valence-corrected chi connectivity index (χ3v) is 15.6. The summed E-state index contributed by atoms with van der Waals surface area (Å²) in [5.41, 5.74) is 4.75. The van der Waals surface area contributed by atoms with E-state index in [2.05, 4.69) is 0 Å². The fraction of sp³-hybridized carbons (Fsp3) is 0.444. The Morgan fingerprint density at radius 1 is 0.470 bits per heavy atom. The topological polar surface area (TPSA) is 412 Å². The van der Waals surface area contributed by atoms with Gasteiger partial charge in [0, 0.05) is 84.0 Å². The number of aliphatic hydroxyl groups excluding tert-OH is 4. The van der Waals surface area contributed by atoms with Crippen molar-refractivity contribution < 1.29 is 405 Å². The first-order chi connectivity index (χ1) is 36.9. The largest absolute Gasteiger partial charge is 3.00 e. The second-order valence-corrected chi connectivity index (χ2v) is 20.3. The standard InChI is InChI=1S/2C27H29NO11.17ClH.5Fe/c2*1-10-22(31)13(28)6-17(38-10)39-15-8-27(36,16(30)9-29)7-12-19(15)26(35)21-20(24(12)33)23(32)11-4-3-5-14(37-2)18(11)25(21)34;;;;;;;;;;;;;;;;;;;;;;/h2*3-5,10,13,15,17,22,29,31,33,35-36H,6-9,28H2,1-2H3;17*1H;;;;;/q;;;;;;;;;;;;;;;;;;;5*+3/p-17/t2*10?,13?,15-,17?,22?,27-;;;;;;;;;;;;;;;;;;;;;;/m00....................../s1. The number of fused-ring (bicyclic) bond motifs is 6. The van der Waals surface area contributed by atoms with Crippen LogP contribution in [0.1, 0.15) is 138 Å². The molecule has 0 saturated carbocycles. The van der Waals surface area contributed by atoms with E-state index in [1.165, 1.54) is 50.6 Å². The third-order valence-electron chi connectivity index (χ3n) is 15.6. The third kappa shape index (κ3) is 24.4. The van der Waals surface area contributed by atoms with Crippen LogP contribution in [0.25, 0.3) is 0 Å². The molecule has 4 aromatic carbocycles. The number of methoxy groups -OCH3 is 2. The van der Waals surface area contributed by atoms with Crippen molar-refractivity contribution in [3.8, 4) is 34.5 Å². The maximum Gasteiger partial charge on any atom is 3.00 e. The summed E-state index contributed by atoms with van der Waals surface area (Å²) in [5.74, 6) is -7.55. The monoisotopic (exact) mass is 1960 g/mol. The number of aromatic hydroxyl groups is 4. The summed E-state index contributed by atoms with van der Waals surface area (Å²) in [6, 6.07) is 7.27. The van der Waals surface area contributed by atoms with Crippen LogP contribution in [0.15, 0.2) is 36.4 Å². The molecule has 24 nitrogen and oxygen atoms in total. The summed E-state index contributed by atoms with van der Waals surface area (Å²) < 4.78 is 34.0. The summed E-state index contributed by atoms with van der Waals surface area (Å²) in [5, 5.41) is 107. The van der Waals surface area contributed by atoms with Crippen molar-refractivity contribution in [1.29, 1.82) is 0 Å². The van der Waals surface area contributed by atoms with Gasteiger partial charge < -0.3 is 302 Å². The Morgan fingerprint density at radius 3 is 0.990 bits per heavy atom. The van der Waals surface area contributed by atoms with E-state index in [0.717, 1.165) is 0 Å². The summed E-state index contributed by atoms with van der Waals surface area (Å²) in [7, 11) is 2.64. The Balaban J connectivity index is -0.000000101. The minimum absolute atomic E-state index is 0. The van der Waals surface area contributed by atoms with Crippen LogP contribution in [-0.4, -0.2) is 173 Å². The second-order valence-electron chi connectivity index (χ2n) is 20.3. The number of hydrogen-bond donors (Lipinski definition) is 12. The number of Topliss-reactive ketones (excluding diaryl/α,β-unsaturated/α-hetero) is 2. The maximum absolute atomic E-state index is 13.6. The number of ketones is 6. The number of rotatable bonds is 10. The minimum atomic E-state index is -2.24. The molecular formula is C54H58Cl17Fe5N2O22-2. The molecular weight excluding hydrogens is 1910 g/mol. The van der Waals surface area contributed by atoms with Crippen molar-refractivity contribution in [1.82, 2.24) is 0 Å². The summed E-state index contributed by atoms with van der Waals surface area (Å²) >= 11 is 0. The first-order valence-corrected chi connectivity index (χ1v) is 24.8. The summed E-state index contributed by atoms with van der Waals surface area (Å²) in [6.45, 7) is 1.12. The number of benzene rings is 4. The molecule has 2 saturated heterocycles. The number of carbonyl (C=O) groups is 6. The zero-order valence-electron chi connectivity index (χ0n) is 50.6. The van der Waals surface area contributed by atoms with Crippen molar-refractivity contribution in [3.05, 3.63) is 103 Å². The van der Waals surface area contributed by atoms with Crippen LogP contribution in [0.2, 0.25) is 0 Å². The SMILES string of the molecule is COc1cccc2c1C(=O)c1c(O)c3c(c(O)c1C2=O)C[C@@](O)(C(=O)CO)C[C@@H]3OC1CC(N)C(O)C(C)O1.COc1cccc2c1C(=O)c1c(O)c3c(c(O)c1C2=O)C[C@@](O)(C(=O)CO)C[C@@H]3OC1CC(N)C(O)C(C)O1.[Cl-].[Cl-].[Cl-].[Cl-].[Cl-].[Cl-].[Cl-].[Cl-].[Cl-].[Cl-].[Cl-].[Cl-].[Cl-].[Cl-].[Cl-].[Cl-].[Cl-].[Fe+3].[Fe+3].[Fe+3].[Fe+3].[Fe+3]. The van der Waals surface area contributed by atoms with Gasteiger partial charge in [-0.05, 0) is 26.0 Å². The number of ether oxygens (including phenoxy) is 6. The predicted octanol–water partition coefficient (Wildman–Crippen LogP) is -50.9. The van der Waals surface area contributed by atoms with Gasteiger partial charge in [-0.25, -0.2) is 0 Å². The van der Waals surface area contributed by atoms with Crippen LogP contribution in [0.5, 0.6) is 34.5 Å². The molecule has 8 unspecified atom stereocenters. The van der Waals surface area contributed by atoms with E-state index in [0.29, 0.717) is 0 Å². The molecule has 14 N–H and O–H groups in total. The number of aliphatic hydroxyl groups is 6. The molecule has 12 atom stereocenters. The first-order valence-electron chi connectivity index (χ1n) is 24.8. The molecule has 46 heteroatoms. The maximum atomic E-state index is 13.6. The molecule has 2 aliphatic heterocycles. The molecule has 10 rings (SSSR count). The number of carbonyl (C=O) groups excluding carboxylic acids is 6. The molecule has 2 fully saturated rings. The number of phenolic OH excluding ortho intramolecular Hbond substituents is 4. The Kier molecular flexibility index (Phi) is 71.4. The molecule has 0 spiro atoms. The van der Waals surface area contributed by atoms with Crippen molar-refractivity contribution in [2.24, 2.45) is 11.5 Å². The molecule has 5 radical (unpaired) electrons. The Bertz CT molecular complexity index is 3060. The van der Waals surface area contributed by atoms with E-state index in [1.807, 2.05) is 0 Å². The predicted molar refractivity (Wildman–Crippen MR) is 264 cm³/mol. The van der Waals surface area contributed by atoms with Crippen molar-refractivity contribution in [3.63, 3.8) is 0 Å². The van der Waals surface area contributed by atoms with Crippen LogP contribution in [0, 0.1) is 0 Å². The van der Waals surface area contributed by atoms with Crippen LogP contribution >= 0.6 is 0 Å². The average molecular weight is 1970 g/mol. The number of nitrogens with two attached hydrogens (primary N) is 2. The molecule has 4 aliphatic carbocycles. The molecule has 577 valence electrons. The van der Waals surface area contributed by atoms with Gasteiger partial charge in [0.2, 0.25) is 11.6 Å². The molecule has 2 heterocycles. The fourth-order valence-electron chi connectivity index (χ4n) is 11.5. The number of halogens is 17. The Labute approximate surface area is 732 Å². The average Bonchev–Trinajstić information content (AvgIpc) is 0.719. The van der Waals surface area contributed by atoms with Crippen LogP contribution < -0.4 is 232 Å². The molecule has 100 heavy (non-hydrogen) atoms. The Hall–Kier alpha value is 0.747. The normalized spacial score (nSPS) is 23.3. The molecule has 4 aromatic rings. The smallest absolute Gasteiger partial charge is 1.00 e. The van der Waals surface area contributed by atoms with Crippen molar-refractivity contribution in [2.45, 2.75) is 125 Å². The molecule has 0 bridgehead atoms. The van der Waals surface area contributed by atoms with E-state index >= 15 is 0 Å². The van der Waals surface area contributed by atoms with Crippen LogP contribution in [0.4, 0.5) is 0 Å². The van der Waals surface area contributed by atoms with E-state index < -0.39 is 191 Å². The summed E-state index contributed by atoms with van der Waals surface area (Å²) in [4.78, 5) is 79.5. The van der Waals surface area contributed by atoms with Gasteiger partial charge in [-0.15, -0.1) is 0 Å². The molecule has 0 aromatic heterocycles. The van der Waals surface area contributed by atoms with Gasteiger partial charge in [-0.2, -0.15) is 0 Å². The fourth-order valence-corrected chi connectivity index (χ4v) is 11.5. The summed E-state index contributed by atoms with van der Waals surface area (Å²) in [6.07, 6.45) is -10.2. The van der Waals surface area contributed by atoms with Gasteiger partial charge in [0.15, 0.2) is 35.7 Å². The molecule has 6 aliphatic rings. The van der Waals surface area contributed by atoms with Crippen LogP contribution in [0.3, 0.4) is 0 Å². The number of hydrogen-bond acceptors (Lipinski definition) is 24. The van der Waals surface area contributed by atoms with Gasteiger partial charge in [0.1, 0.15) is 58.9 Å². The van der Waals surface area contributed by atoms with E-state index in [9.17, 15) is 79.8 Å². The van der Waals surface area contributed by atoms with Crippen molar-refractivity contribution >= 4 is 34.7 Å². The second kappa shape index (κ2) is 53.6. The van der Waals surface area contributed by atoms with Crippen molar-refractivity contribution in [2.75, 3.05) is 27.4 Å². The van der Waals surface area contributed by atoms with E-state index in [1.54, 1.807) is 13.8 Å². The molecule has 0 amide bonds. The first kappa shape index (κ1) is 133. The zero-order valence-corrected chi connectivity index (χ0v) is 69.0. The van der Waals surface area contributed by atoms with Gasteiger partial charge in [0.25, 0.3) is 0 Å². The zero-order chi connectivity index (χ0) is 56.8. The van der Waals surface area contributed by atoms with Gasteiger partial charge in [-0.1, -0.05) is 24.3 Å². The number of phenols is 4.